The van der Waals surface area contributed by atoms with Crippen molar-refractivity contribution in [3.05, 3.63) is 23.2 Å². The lowest BCUT2D eigenvalue weighted by molar-refractivity contribution is -0.140. The van der Waals surface area contributed by atoms with E-state index < -0.39 is 11.9 Å². The summed E-state index contributed by atoms with van der Waals surface area (Å²) in [6.07, 6.45) is 0.442. The quantitative estimate of drug-likeness (QED) is 0.855. The average Bonchev–Trinajstić information content (AvgIpc) is 2.99. The van der Waals surface area contributed by atoms with E-state index in [1.165, 1.54) is 0 Å². The Balaban J connectivity index is 1.96. The Hall–Kier alpha value is -1.78. The molecular weight excluding hydrogens is 234 g/mol. The lowest BCUT2D eigenvalue weighted by Gasteiger charge is -2.12. The third kappa shape index (κ3) is 2.39. The molecule has 0 aliphatic heterocycles. The van der Waals surface area contributed by atoms with Crippen LogP contribution in [0.15, 0.2) is 10.5 Å². The number of rotatable bonds is 4. The minimum Gasteiger partial charge on any atom is -0.481 e. The van der Waals surface area contributed by atoms with Gasteiger partial charge in [-0.1, -0.05) is 0 Å². The van der Waals surface area contributed by atoms with Gasteiger partial charge in [-0.25, -0.2) is 0 Å². The fourth-order valence-electron chi connectivity index (χ4n) is 2.24. The normalized spacial score (nSPS) is 23.5. The number of aryl methyl sites for hydroxylation is 2. The van der Waals surface area contributed by atoms with Crippen LogP contribution in [-0.4, -0.2) is 17.0 Å². The summed E-state index contributed by atoms with van der Waals surface area (Å²) < 4.78 is 5.41. The monoisotopic (exact) mass is 251 g/mol. The molecule has 0 radical (unpaired) electrons. The van der Waals surface area contributed by atoms with E-state index in [2.05, 4.69) is 5.32 Å². The van der Waals surface area contributed by atoms with E-state index in [-0.39, 0.29) is 17.9 Å². The molecule has 1 amide bonds. The number of hydrogen-bond donors (Lipinski definition) is 2. The van der Waals surface area contributed by atoms with E-state index in [9.17, 15) is 9.59 Å². The molecule has 98 valence electrons. The molecule has 5 heteroatoms. The van der Waals surface area contributed by atoms with Gasteiger partial charge in [0.1, 0.15) is 11.5 Å². The Bertz CT molecular complexity index is 491. The third-order valence-electron chi connectivity index (χ3n) is 3.35. The van der Waals surface area contributed by atoms with Gasteiger partial charge < -0.3 is 14.8 Å². The van der Waals surface area contributed by atoms with Crippen molar-refractivity contribution < 1.29 is 19.1 Å². The van der Waals surface area contributed by atoms with E-state index >= 15 is 0 Å². The van der Waals surface area contributed by atoms with Crippen molar-refractivity contribution in [3.63, 3.8) is 0 Å². The molecule has 1 aliphatic carbocycles. The lowest BCUT2D eigenvalue weighted by atomic mass is 10.1. The van der Waals surface area contributed by atoms with Crippen LogP contribution in [0.1, 0.15) is 36.5 Å². The Morgan fingerprint density at radius 3 is 2.56 bits per heavy atom. The van der Waals surface area contributed by atoms with Crippen molar-refractivity contribution in [1.82, 2.24) is 5.32 Å². The maximum atomic E-state index is 11.8. The number of hydrogen-bond acceptors (Lipinski definition) is 3. The number of carboxylic acid groups (broad SMARTS) is 1. The first-order chi connectivity index (χ1) is 8.40. The number of carbonyl (C=O) groups is 2. The zero-order valence-corrected chi connectivity index (χ0v) is 10.7. The number of carbonyl (C=O) groups excluding carboxylic acids is 1. The molecule has 0 aromatic carbocycles. The van der Waals surface area contributed by atoms with Crippen LogP contribution in [0.2, 0.25) is 0 Å². The van der Waals surface area contributed by atoms with Crippen LogP contribution in [0.5, 0.6) is 0 Å². The Morgan fingerprint density at radius 2 is 2.11 bits per heavy atom. The van der Waals surface area contributed by atoms with Crippen molar-refractivity contribution >= 4 is 11.9 Å². The highest BCUT2D eigenvalue weighted by molar-refractivity contribution is 5.89. The van der Waals surface area contributed by atoms with Crippen LogP contribution in [0.25, 0.3) is 0 Å². The highest BCUT2D eigenvalue weighted by Gasteiger charge is 2.48. The zero-order valence-electron chi connectivity index (χ0n) is 10.7. The molecule has 0 unspecified atom stereocenters. The summed E-state index contributed by atoms with van der Waals surface area (Å²) >= 11 is 0. The molecule has 1 heterocycles. The van der Waals surface area contributed by atoms with Crippen LogP contribution >= 0.6 is 0 Å². The molecule has 1 aromatic heterocycles. The third-order valence-corrected chi connectivity index (χ3v) is 3.35. The van der Waals surface area contributed by atoms with Gasteiger partial charge in [0.15, 0.2) is 0 Å². The van der Waals surface area contributed by atoms with Gasteiger partial charge in [-0.05, 0) is 33.3 Å². The van der Waals surface area contributed by atoms with Crippen LogP contribution in [0.4, 0.5) is 0 Å². The largest absolute Gasteiger partial charge is 0.481 e. The highest BCUT2D eigenvalue weighted by atomic mass is 16.4. The van der Waals surface area contributed by atoms with Crippen molar-refractivity contribution in [3.8, 4) is 0 Å². The number of aliphatic carboxylic acids is 1. The summed E-state index contributed by atoms with van der Waals surface area (Å²) in [6.45, 7) is 5.57. The van der Waals surface area contributed by atoms with Crippen LogP contribution in [0.3, 0.4) is 0 Å². The summed E-state index contributed by atoms with van der Waals surface area (Å²) in [5, 5.41) is 11.6. The van der Waals surface area contributed by atoms with Crippen molar-refractivity contribution in [2.45, 2.75) is 33.2 Å². The van der Waals surface area contributed by atoms with Crippen LogP contribution in [0, 0.1) is 25.7 Å². The molecular formula is C13H17NO4. The summed E-state index contributed by atoms with van der Waals surface area (Å²) in [5.41, 5.74) is 0.938. The van der Waals surface area contributed by atoms with Gasteiger partial charge >= 0.3 is 5.97 Å². The first-order valence-corrected chi connectivity index (χ1v) is 6.00. The summed E-state index contributed by atoms with van der Waals surface area (Å²) in [4.78, 5) is 22.5. The maximum absolute atomic E-state index is 11.8. The molecule has 18 heavy (non-hydrogen) atoms. The van der Waals surface area contributed by atoms with E-state index in [0.717, 1.165) is 17.1 Å². The van der Waals surface area contributed by atoms with Gasteiger partial charge in [-0.3, -0.25) is 9.59 Å². The number of nitrogens with one attached hydrogen (secondary N) is 1. The summed E-state index contributed by atoms with van der Waals surface area (Å²) in [6, 6.07) is 1.73. The SMILES string of the molecule is Cc1cc([C@H](C)NC(=O)[C@H]2C[C@@H]2C(=O)O)c(C)o1. The first kappa shape index (κ1) is 12.7. The molecule has 5 nitrogen and oxygen atoms in total. The minimum atomic E-state index is -0.891. The molecule has 2 N–H and O–H groups in total. The molecule has 1 fully saturated rings. The second kappa shape index (κ2) is 4.48. The maximum Gasteiger partial charge on any atom is 0.307 e. The van der Waals surface area contributed by atoms with Crippen LogP contribution < -0.4 is 5.32 Å². The highest BCUT2D eigenvalue weighted by Crippen LogP contribution is 2.39. The van der Waals surface area contributed by atoms with E-state index in [1.807, 2.05) is 26.8 Å². The topological polar surface area (TPSA) is 79.5 Å². The van der Waals surface area contributed by atoms with Crippen molar-refractivity contribution in [1.29, 1.82) is 0 Å². The van der Waals surface area contributed by atoms with Crippen molar-refractivity contribution in [2.75, 3.05) is 0 Å². The first-order valence-electron chi connectivity index (χ1n) is 6.00. The second-order valence-corrected chi connectivity index (χ2v) is 4.89. The lowest BCUT2D eigenvalue weighted by Crippen LogP contribution is -2.29. The molecule has 0 saturated heterocycles. The fraction of sp³-hybridized carbons (Fsp3) is 0.538. The van der Waals surface area contributed by atoms with Gasteiger partial charge in [0.05, 0.1) is 17.9 Å². The fourth-order valence-corrected chi connectivity index (χ4v) is 2.24. The van der Waals surface area contributed by atoms with E-state index in [4.69, 9.17) is 9.52 Å². The second-order valence-electron chi connectivity index (χ2n) is 4.89. The molecule has 0 bridgehead atoms. The van der Waals surface area contributed by atoms with Gasteiger partial charge in [0.2, 0.25) is 5.91 Å². The summed E-state index contributed by atoms with van der Waals surface area (Å²) in [7, 11) is 0. The Morgan fingerprint density at radius 1 is 1.44 bits per heavy atom. The summed E-state index contributed by atoms with van der Waals surface area (Å²) in [5.74, 6) is -0.377. The van der Waals surface area contributed by atoms with Crippen LogP contribution in [-0.2, 0) is 9.59 Å². The molecule has 3 atom stereocenters. The number of furan rings is 1. The van der Waals surface area contributed by atoms with Gasteiger partial charge in [0.25, 0.3) is 0 Å². The van der Waals surface area contributed by atoms with Gasteiger partial charge in [0, 0.05) is 5.56 Å². The smallest absolute Gasteiger partial charge is 0.307 e. The van der Waals surface area contributed by atoms with Gasteiger partial charge in [-0.15, -0.1) is 0 Å². The zero-order chi connectivity index (χ0) is 13.4. The number of amides is 1. The predicted octanol–water partition coefficient (Wildman–Crippen LogP) is 1.79. The average molecular weight is 251 g/mol. The molecule has 2 rings (SSSR count). The predicted molar refractivity (Wildman–Crippen MR) is 64.0 cm³/mol. The van der Waals surface area contributed by atoms with Gasteiger partial charge in [-0.2, -0.15) is 0 Å². The number of carboxylic acids is 1. The van der Waals surface area contributed by atoms with E-state index in [1.54, 1.807) is 0 Å². The Labute approximate surface area is 105 Å². The molecule has 1 aliphatic rings. The van der Waals surface area contributed by atoms with Crippen molar-refractivity contribution in [2.24, 2.45) is 11.8 Å². The molecule has 0 spiro atoms. The minimum absolute atomic E-state index is 0.162. The Kier molecular flexibility index (Phi) is 3.15. The molecule has 1 saturated carbocycles. The molecule has 1 aromatic rings. The standard InChI is InChI=1S/C13H17NO4/c1-6-4-9(8(3)18-6)7(2)14-12(15)10-5-11(10)13(16)17/h4,7,10-11H,5H2,1-3H3,(H,14,15)(H,16,17)/t7-,10-,11-/m0/s1. The van der Waals surface area contributed by atoms with E-state index in [0.29, 0.717) is 6.42 Å².